The number of carbonyl (C=O) groups excluding carboxylic acids is 2. The first-order valence-electron chi connectivity index (χ1n) is 8.39. The Labute approximate surface area is 131 Å². The highest BCUT2D eigenvalue weighted by Gasteiger charge is 2.68. The number of hydrogen-bond donors (Lipinski definition) is 0. The number of fused-ring (bicyclic) bond motifs is 2. The number of ether oxygens (including phenoxy) is 3. The lowest BCUT2D eigenvalue weighted by Gasteiger charge is -2.58. The predicted octanol–water partition coefficient (Wildman–Crippen LogP) is 2.47. The van der Waals surface area contributed by atoms with E-state index in [-0.39, 0.29) is 23.1 Å². The summed E-state index contributed by atoms with van der Waals surface area (Å²) in [7, 11) is 0. The van der Waals surface area contributed by atoms with E-state index in [0.717, 1.165) is 19.3 Å². The van der Waals surface area contributed by atoms with Crippen molar-refractivity contribution in [3.05, 3.63) is 0 Å². The van der Waals surface area contributed by atoms with Crippen molar-refractivity contribution in [2.75, 3.05) is 19.8 Å². The van der Waals surface area contributed by atoms with Gasteiger partial charge in [0.05, 0.1) is 19.8 Å². The van der Waals surface area contributed by atoms with Crippen molar-refractivity contribution in [3.8, 4) is 0 Å². The Morgan fingerprint density at radius 1 is 1.27 bits per heavy atom. The lowest BCUT2D eigenvalue weighted by Crippen LogP contribution is -2.64. The van der Waals surface area contributed by atoms with E-state index in [0.29, 0.717) is 32.7 Å². The molecule has 3 atom stereocenters. The van der Waals surface area contributed by atoms with E-state index in [1.54, 1.807) is 13.8 Å². The lowest BCUT2D eigenvalue weighted by atomic mass is 9.48. The van der Waals surface area contributed by atoms with Crippen molar-refractivity contribution < 1.29 is 23.8 Å². The normalized spacial score (nSPS) is 40.5. The highest BCUT2D eigenvalue weighted by molar-refractivity contribution is 6.04. The minimum Gasteiger partial charge on any atom is -0.465 e. The molecule has 0 radical (unpaired) electrons. The fourth-order valence-electron chi connectivity index (χ4n) is 4.99. The highest BCUT2D eigenvalue weighted by Crippen LogP contribution is 2.62. The van der Waals surface area contributed by atoms with Crippen LogP contribution in [0.2, 0.25) is 0 Å². The lowest BCUT2D eigenvalue weighted by molar-refractivity contribution is -0.285. The summed E-state index contributed by atoms with van der Waals surface area (Å²) in [4.78, 5) is 25.3. The van der Waals surface area contributed by atoms with Crippen molar-refractivity contribution in [3.63, 3.8) is 0 Å². The summed E-state index contributed by atoms with van der Waals surface area (Å²) in [5.74, 6) is -1.11. The molecule has 0 N–H and O–H groups in total. The molecule has 124 valence electrons. The van der Waals surface area contributed by atoms with Crippen LogP contribution in [-0.2, 0) is 23.8 Å². The van der Waals surface area contributed by atoms with Crippen LogP contribution < -0.4 is 0 Å². The molecular formula is C17H26O5. The second kappa shape index (κ2) is 5.31. The van der Waals surface area contributed by atoms with Gasteiger partial charge in [0.1, 0.15) is 11.2 Å². The number of Topliss-reactive ketones (excluding diaryl/α,β-unsaturated/α-hetero) is 1. The highest BCUT2D eigenvalue weighted by atomic mass is 16.7. The molecule has 5 nitrogen and oxygen atoms in total. The molecule has 0 aromatic rings. The molecule has 0 amide bonds. The molecule has 3 aliphatic rings. The fourth-order valence-corrected chi connectivity index (χ4v) is 4.99. The van der Waals surface area contributed by atoms with Gasteiger partial charge in [-0.2, -0.15) is 0 Å². The molecule has 3 fully saturated rings. The molecule has 1 saturated heterocycles. The van der Waals surface area contributed by atoms with Crippen molar-refractivity contribution in [2.24, 2.45) is 16.7 Å². The van der Waals surface area contributed by atoms with Crippen LogP contribution in [0, 0.1) is 16.7 Å². The van der Waals surface area contributed by atoms with Crippen LogP contribution in [0.3, 0.4) is 0 Å². The summed E-state index contributed by atoms with van der Waals surface area (Å²) in [5.41, 5.74) is -1.40. The van der Waals surface area contributed by atoms with Gasteiger partial charge in [-0.15, -0.1) is 0 Å². The van der Waals surface area contributed by atoms with Crippen LogP contribution in [0.4, 0.5) is 0 Å². The number of carbonyl (C=O) groups is 2. The first-order valence-corrected chi connectivity index (χ1v) is 8.39. The first kappa shape index (κ1) is 15.9. The monoisotopic (exact) mass is 310 g/mol. The summed E-state index contributed by atoms with van der Waals surface area (Å²) < 4.78 is 17.3. The molecule has 2 aliphatic carbocycles. The van der Waals surface area contributed by atoms with Crippen molar-refractivity contribution in [1.29, 1.82) is 0 Å². The van der Waals surface area contributed by atoms with Crippen LogP contribution >= 0.6 is 0 Å². The number of esters is 1. The van der Waals surface area contributed by atoms with E-state index >= 15 is 0 Å². The largest absolute Gasteiger partial charge is 0.465 e. The Balaban J connectivity index is 2.02. The SMILES string of the molecule is CCOC(=O)[C@]1(C)C(=O)CC[C@@]2(C)[C@H]1CCCC21OCCO1. The molecule has 0 aromatic carbocycles. The Hall–Kier alpha value is -0.940. The summed E-state index contributed by atoms with van der Waals surface area (Å²) in [6.45, 7) is 7.15. The molecular weight excluding hydrogens is 284 g/mol. The van der Waals surface area contributed by atoms with Crippen molar-refractivity contribution >= 4 is 11.8 Å². The van der Waals surface area contributed by atoms with Gasteiger partial charge in [-0.3, -0.25) is 9.59 Å². The molecule has 0 bridgehead atoms. The van der Waals surface area contributed by atoms with Gasteiger partial charge >= 0.3 is 5.97 Å². The number of ketones is 1. The van der Waals surface area contributed by atoms with Gasteiger partial charge in [-0.1, -0.05) is 6.92 Å². The van der Waals surface area contributed by atoms with E-state index in [1.165, 1.54) is 0 Å². The fraction of sp³-hybridized carbons (Fsp3) is 0.882. The van der Waals surface area contributed by atoms with Gasteiger partial charge in [0.15, 0.2) is 5.79 Å². The minimum atomic E-state index is -1.08. The summed E-state index contributed by atoms with van der Waals surface area (Å²) >= 11 is 0. The zero-order chi connectivity index (χ0) is 16.0. The Morgan fingerprint density at radius 2 is 1.95 bits per heavy atom. The van der Waals surface area contributed by atoms with Gasteiger partial charge < -0.3 is 14.2 Å². The topological polar surface area (TPSA) is 61.8 Å². The molecule has 1 aliphatic heterocycles. The average Bonchev–Trinajstić information content (AvgIpc) is 2.96. The maximum atomic E-state index is 12.7. The van der Waals surface area contributed by atoms with E-state index in [2.05, 4.69) is 6.92 Å². The average molecular weight is 310 g/mol. The van der Waals surface area contributed by atoms with Crippen LogP contribution in [0.5, 0.6) is 0 Å². The Bertz CT molecular complexity index is 481. The standard InChI is InChI=1S/C17H26O5/c1-4-20-14(19)16(3)12-6-5-8-17(21-10-11-22-17)15(12,2)9-7-13(16)18/h12H,4-11H2,1-3H3/t12-,15+,16+/m1/s1. The molecule has 5 heteroatoms. The smallest absolute Gasteiger partial charge is 0.319 e. The van der Waals surface area contributed by atoms with Gasteiger partial charge in [-0.25, -0.2) is 0 Å². The molecule has 1 heterocycles. The molecule has 0 unspecified atom stereocenters. The molecule has 22 heavy (non-hydrogen) atoms. The van der Waals surface area contributed by atoms with Crippen LogP contribution in [0.1, 0.15) is 52.9 Å². The molecule has 3 rings (SSSR count). The van der Waals surface area contributed by atoms with Crippen LogP contribution in [-0.4, -0.2) is 37.4 Å². The van der Waals surface area contributed by atoms with E-state index in [9.17, 15) is 9.59 Å². The summed E-state index contributed by atoms with van der Waals surface area (Å²) in [5, 5.41) is 0. The zero-order valence-electron chi connectivity index (χ0n) is 13.8. The van der Waals surface area contributed by atoms with Crippen LogP contribution in [0.15, 0.2) is 0 Å². The Morgan fingerprint density at radius 3 is 2.59 bits per heavy atom. The molecule has 2 saturated carbocycles. The third-order valence-electron chi connectivity index (χ3n) is 6.24. The minimum absolute atomic E-state index is 0.00321. The summed E-state index contributed by atoms with van der Waals surface area (Å²) in [6.07, 6.45) is 3.68. The molecule has 1 spiro atoms. The van der Waals surface area contributed by atoms with Crippen LogP contribution in [0.25, 0.3) is 0 Å². The van der Waals surface area contributed by atoms with E-state index < -0.39 is 11.2 Å². The van der Waals surface area contributed by atoms with Gasteiger partial charge in [0, 0.05) is 18.3 Å². The van der Waals surface area contributed by atoms with E-state index in [1.807, 2.05) is 0 Å². The predicted molar refractivity (Wildman–Crippen MR) is 79.1 cm³/mol. The van der Waals surface area contributed by atoms with Gasteiger partial charge in [0.2, 0.25) is 0 Å². The maximum Gasteiger partial charge on any atom is 0.319 e. The maximum absolute atomic E-state index is 12.7. The third kappa shape index (κ3) is 1.91. The quantitative estimate of drug-likeness (QED) is 0.579. The van der Waals surface area contributed by atoms with Gasteiger partial charge in [0.25, 0.3) is 0 Å². The molecule has 0 aromatic heterocycles. The second-order valence-electron chi connectivity index (χ2n) is 7.16. The zero-order valence-corrected chi connectivity index (χ0v) is 13.8. The third-order valence-corrected chi connectivity index (χ3v) is 6.24. The van der Waals surface area contributed by atoms with Crippen molar-refractivity contribution in [1.82, 2.24) is 0 Å². The number of rotatable bonds is 2. The van der Waals surface area contributed by atoms with Gasteiger partial charge in [-0.05, 0) is 39.0 Å². The Kier molecular flexibility index (Phi) is 3.84. The number of hydrogen-bond acceptors (Lipinski definition) is 5. The first-order chi connectivity index (χ1) is 10.4. The summed E-state index contributed by atoms with van der Waals surface area (Å²) in [6, 6.07) is 0. The second-order valence-corrected chi connectivity index (χ2v) is 7.16. The van der Waals surface area contributed by atoms with Crippen molar-refractivity contribution in [2.45, 2.75) is 58.7 Å². The van der Waals surface area contributed by atoms with E-state index in [4.69, 9.17) is 14.2 Å².